The van der Waals surface area contributed by atoms with Crippen molar-refractivity contribution in [2.24, 2.45) is 0 Å². The molecule has 0 aliphatic carbocycles. The molecule has 0 radical (unpaired) electrons. The second-order valence-corrected chi connectivity index (χ2v) is 4.00. The van der Waals surface area contributed by atoms with Crippen LogP contribution < -0.4 is 10.6 Å². The van der Waals surface area contributed by atoms with Crippen molar-refractivity contribution in [1.29, 1.82) is 0 Å². The van der Waals surface area contributed by atoms with Crippen molar-refractivity contribution < 1.29 is 4.79 Å². The second-order valence-electron chi connectivity index (χ2n) is 4.00. The van der Waals surface area contributed by atoms with Gasteiger partial charge in [-0.1, -0.05) is 30.3 Å². The van der Waals surface area contributed by atoms with Crippen LogP contribution in [0.4, 0.5) is 0 Å². The highest BCUT2D eigenvalue weighted by atomic mass is 16.1. The Morgan fingerprint density at radius 2 is 2.13 bits per heavy atom. The molecule has 1 fully saturated rings. The SMILES string of the molecule is CC(=O)N[C@H]1CN[C@H](c2ccccc2)C1. The van der Waals surface area contributed by atoms with Crippen LogP contribution in [0, 0.1) is 0 Å². The zero-order chi connectivity index (χ0) is 10.7. The van der Waals surface area contributed by atoms with Gasteiger partial charge in [0.15, 0.2) is 0 Å². The van der Waals surface area contributed by atoms with Crippen molar-refractivity contribution in [3.05, 3.63) is 35.9 Å². The first-order valence-corrected chi connectivity index (χ1v) is 5.31. The van der Waals surface area contributed by atoms with Gasteiger partial charge in [0, 0.05) is 25.6 Å². The summed E-state index contributed by atoms with van der Waals surface area (Å²) in [6.45, 7) is 2.43. The minimum Gasteiger partial charge on any atom is -0.352 e. The molecule has 0 bridgehead atoms. The van der Waals surface area contributed by atoms with Crippen LogP contribution in [-0.2, 0) is 4.79 Å². The van der Waals surface area contributed by atoms with E-state index in [2.05, 4.69) is 22.8 Å². The number of nitrogens with one attached hydrogen (secondary N) is 2. The van der Waals surface area contributed by atoms with Gasteiger partial charge in [-0.15, -0.1) is 0 Å². The first-order valence-electron chi connectivity index (χ1n) is 5.31. The molecule has 1 amide bonds. The van der Waals surface area contributed by atoms with Gasteiger partial charge in [0.2, 0.25) is 5.91 Å². The molecule has 1 heterocycles. The molecule has 2 rings (SSSR count). The Morgan fingerprint density at radius 3 is 2.80 bits per heavy atom. The Kier molecular flexibility index (Phi) is 3.02. The van der Waals surface area contributed by atoms with Gasteiger partial charge in [-0.05, 0) is 12.0 Å². The molecule has 0 unspecified atom stereocenters. The van der Waals surface area contributed by atoms with Crippen molar-refractivity contribution in [2.45, 2.75) is 25.4 Å². The van der Waals surface area contributed by atoms with Crippen molar-refractivity contribution in [1.82, 2.24) is 10.6 Å². The molecule has 80 valence electrons. The van der Waals surface area contributed by atoms with Crippen molar-refractivity contribution in [3.63, 3.8) is 0 Å². The molecule has 3 nitrogen and oxygen atoms in total. The summed E-state index contributed by atoms with van der Waals surface area (Å²) in [6.07, 6.45) is 0.976. The molecular formula is C12H16N2O. The molecule has 3 heteroatoms. The first kappa shape index (κ1) is 10.2. The lowest BCUT2D eigenvalue weighted by Gasteiger charge is -2.11. The smallest absolute Gasteiger partial charge is 0.217 e. The molecule has 0 spiro atoms. The molecule has 1 aliphatic heterocycles. The lowest BCUT2D eigenvalue weighted by molar-refractivity contribution is -0.119. The van der Waals surface area contributed by atoms with E-state index in [9.17, 15) is 4.79 Å². The number of hydrogen-bond donors (Lipinski definition) is 2. The van der Waals surface area contributed by atoms with Gasteiger partial charge < -0.3 is 10.6 Å². The Bertz CT molecular complexity index is 337. The summed E-state index contributed by atoms with van der Waals surface area (Å²) < 4.78 is 0. The maximum atomic E-state index is 10.9. The molecule has 2 atom stereocenters. The molecule has 15 heavy (non-hydrogen) atoms. The molecule has 0 aromatic heterocycles. The van der Waals surface area contributed by atoms with E-state index < -0.39 is 0 Å². The summed E-state index contributed by atoms with van der Waals surface area (Å²) in [5.41, 5.74) is 1.30. The highest BCUT2D eigenvalue weighted by molar-refractivity contribution is 5.73. The number of amides is 1. The highest BCUT2D eigenvalue weighted by Crippen LogP contribution is 2.22. The number of benzene rings is 1. The quantitative estimate of drug-likeness (QED) is 0.760. The van der Waals surface area contributed by atoms with Crippen molar-refractivity contribution in [2.75, 3.05) is 6.54 Å². The topological polar surface area (TPSA) is 41.1 Å². The van der Waals surface area contributed by atoms with Crippen LogP contribution >= 0.6 is 0 Å². The monoisotopic (exact) mass is 204 g/mol. The fraction of sp³-hybridized carbons (Fsp3) is 0.417. The van der Waals surface area contributed by atoms with E-state index in [4.69, 9.17) is 0 Å². The van der Waals surface area contributed by atoms with E-state index >= 15 is 0 Å². The third-order valence-corrected chi connectivity index (χ3v) is 2.74. The molecule has 1 aromatic rings. The average molecular weight is 204 g/mol. The van der Waals surface area contributed by atoms with E-state index in [1.807, 2.05) is 18.2 Å². The zero-order valence-corrected chi connectivity index (χ0v) is 8.86. The van der Waals surface area contributed by atoms with Gasteiger partial charge in [-0.3, -0.25) is 4.79 Å². The summed E-state index contributed by atoms with van der Waals surface area (Å²) in [4.78, 5) is 10.9. The van der Waals surface area contributed by atoms with Gasteiger partial charge in [0.1, 0.15) is 0 Å². The maximum Gasteiger partial charge on any atom is 0.217 e. The van der Waals surface area contributed by atoms with Crippen molar-refractivity contribution >= 4 is 5.91 Å². The van der Waals surface area contributed by atoms with Crippen molar-refractivity contribution in [3.8, 4) is 0 Å². The summed E-state index contributed by atoms with van der Waals surface area (Å²) in [7, 11) is 0. The molecular weight excluding hydrogens is 188 g/mol. The predicted octanol–water partition coefficient (Wildman–Crippen LogP) is 1.23. The first-order chi connectivity index (χ1) is 7.25. The second kappa shape index (κ2) is 4.45. The van der Waals surface area contributed by atoms with Crippen LogP contribution in [0.3, 0.4) is 0 Å². The summed E-state index contributed by atoms with van der Waals surface area (Å²) in [5, 5.41) is 6.35. The normalized spacial score (nSPS) is 25.1. The maximum absolute atomic E-state index is 10.9. The van der Waals surface area contributed by atoms with E-state index in [1.165, 1.54) is 5.56 Å². The van der Waals surface area contributed by atoms with Crippen LogP contribution in [-0.4, -0.2) is 18.5 Å². The van der Waals surface area contributed by atoms with Gasteiger partial charge in [0.25, 0.3) is 0 Å². The van der Waals surface area contributed by atoms with Crippen LogP contribution in [0.5, 0.6) is 0 Å². The van der Waals surface area contributed by atoms with Gasteiger partial charge in [0.05, 0.1) is 0 Å². The zero-order valence-electron chi connectivity index (χ0n) is 8.86. The lowest BCUT2D eigenvalue weighted by atomic mass is 10.0. The van der Waals surface area contributed by atoms with Crippen LogP contribution in [0.1, 0.15) is 24.9 Å². The number of carbonyl (C=O) groups excluding carboxylic acids is 1. The van der Waals surface area contributed by atoms with Gasteiger partial charge in [-0.2, -0.15) is 0 Å². The Balaban J connectivity index is 1.96. The van der Waals surface area contributed by atoms with Crippen LogP contribution in [0.2, 0.25) is 0 Å². The Hall–Kier alpha value is -1.35. The van der Waals surface area contributed by atoms with E-state index in [0.717, 1.165) is 13.0 Å². The minimum atomic E-state index is 0.0514. The fourth-order valence-electron chi connectivity index (χ4n) is 2.07. The standard InChI is InChI=1S/C12H16N2O/c1-9(15)14-11-7-12(13-8-11)10-5-3-2-4-6-10/h2-6,11-13H,7-8H2,1H3,(H,14,15)/t11-,12+/m1/s1. The molecule has 0 saturated carbocycles. The Morgan fingerprint density at radius 1 is 1.40 bits per heavy atom. The number of rotatable bonds is 2. The van der Waals surface area contributed by atoms with Crippen LogP contribution in [0.25, 0.3) is 0 Å². The third-order valence-electron chi connectivity index (χ3n) is 2.74. The Labute approximate surface area is 89.9 Å². The predicted molar refractivity (Wildman–Crippen MR) is 59.4 cm³/mol. The number of hydrogen-bond acceptors (Lipinski definition) is 2. The highest BCUT2D eigenvalue weighted by Gasteiger charge is 2.25. The van der Waals surface area contributed by atoms with E-state index in [0.29, 0.717) is 6.04 Å². The third kappa shape index (κ3) is 2.57. The molecule has 1 saturated heterocycles. The average Bonchev–Trinajstić information content (AvgIpc) is 2.67. The van der Waals surface area contributed by atoms with E-state index in [-0.39, 0.29) is 11.9 Å². The fourth-order valence-corrected chi connectivity index (χ4v) is 2.07. The summed E-state index contributed by atoms with van der Waals surface area (Å²) in [5.74, 6) is 0.0514. The van der Waals surface area contributed by atoms with Gasteiger partial charge >= 0.3 is 0 Å². The minimum absolute atomic E-state index is 0.0514. The van der Waals surface area contributed by atoms with E-state index in [1.54, 1.807) is 6.92 Å². The summed E-state index contributed by atoms with van der Waals surface area (Å²) >= 11 is 0. The lowest BCUT2D eigenvalue weighted by Crippen LogP contribution is -2.34. The molecule has 1 aliphatic rings. The molecule has 1 aromatic carbocycles. The summed E-state index contributed by atoms with van der Waals surface area (Å²) in [6, 6.07) is 11.0. The largest absolute Gasteiger partial charge is 0.352 e. The number of carbonyl (C=O) groups is 1. The van der Waals surface area contributed by atoms with Gasteiger partial charge in [-0.25, -0.2) is 0 Å². The molecule has 2 N–H and O–H groups in total. The van der Waals surface area contributed by atoms with Crippen LogP contribution in [0.15, 0.2) is 30.3 Å².